The van der Waals surface area contributed by atoms with E-state index in [1.165, 1.54) is 11.1 Å². The lowest BCUT2D eigenvalue weighted by Gasteiger charge is -2.20. The summed E-state index contributed by atoms with van der Waals surface area (Å²) in [5.41, 5.74) is 4.49. The van der Waals surface area contributed by atoms with Crippen molar-refractivity contribution in [3.63, 3.8) is 0 Å². The zero-order valence-corrected chi connectivity index (χ0v) is 17.1. The monoisotopic (exact) mass is 371 g/mol. The SMILES string of the molecule is COc1cc(C)c(CN(C)C(=O)CCOc2ccc(C)c(C)c2)cc1OC. The van der Waals surface area contributed by atoms with Crippen LogP contribution in [0.3, 0.4) is 0 Å². The van der Waals surface area contributed by atoms with Crippen LogP contribution in [0.25, 0.3) is 0 Å². The molecule has 0 radical (unpaired) electrons. The largest absolute Gasteiger partial charge is 0.493 e. The molecule has 5 nitrogen and oxygen atoms in total. The number of carbonyl (C=O) groups is 1. The average molecular weight is 371 g/mol. The average Bonchev–Trinajstić information content (AvgIpc) is 2.65. The maximum absolute atomic E-state index is 12.4. The Morgan fingerprint density at radius 3 is 2.22 bits per heavy atom. The summed E-state index contributed by atoms with van der Waals surface area (Å²) >= 11 is 0. The number of amides is 1. The molecule has 0 saturated heterocycles. The number of carbonyl (C=O) groups excluding carboxylic acids is 1. The van der Waals surface area contributed by atoms with Crippen molar-refractivity contribution in [2.75, 3.05) is 27.9 Å². The second-order valence-corrected chi connectivity index (χ2v) is 6.73. The third kappa shape index (κ3) is 5.39. The standard InChI is InChI=1S/C22H29NO4/c1-15-7-8-19(11-16(15)2)27-10-9-22(24)23(4)14-18-13-21(26-6)20(25-5)12-17(18)3/h7-8,11-13H,9-10,14H2,1-6H3. The molecular formula is C22H29NO4. The minimum Gasteiger partial charge on any atom is -0.493 e. The summed E-state index contributed by atoms with van der Waals surface area (Å²) < 4.78 is 16.4. The van der Waals surface area contributed by atoms with E-state index in [0.29, 0.717) is 31.1 Å². The fraction of sp³-hybridized carbons (Fsp3) is 0.409. The Hall–Kier alpha value is -2.69. The van der Waals surface area contributed by atoms with Crippen LogP contribution in [0.1, 0.15) is 28.7 Å². The number of rotatable bonds is 8. The van der Waals surface area contributed by atoms with Gasteiger partial charge in [-0.25, -0.2) is 0 Å². The van der Waals surface area contributed by atoms with Crippen LogP contribution >= 0.6 is 0 Å². The summed E-state index contributed by atoms with van der Waals surface area (Å²) in [7, 11) is 5.02. The first-order chi connectivity index (χ1) is 12.8. The lowest BCUT2D eigenvalue weighted by molar-refractivity contribution is -0.130. The van der Waals surface area contributed by atoms with E-state index < -0.39 is 0 Å². The lowest BCUT2D eigenvalue weighted by Crippen LogP contribution is -2.27. The number of hydrogen-bond donors (Lipinski definition) is 0. The summed E-state index contributed by atoms with van der Waals surface area (Å²) in [6, 6.07) is 9.80. The van der Waals surface area contributed by atoms with Gasteiger partial charge in [-0.1, -0.05) is 6.07 Å². The molecule has 0 saturated carbocycles. The molecule has 0 aromatic heterocycles. The number of benzene rings is 2. The number of aryl methyl sites for hydroxylation is 3. The van der Waals surface area contributed by atoms with Gasteiger partial charge in [0.15, 0.2) is 11.5 Å². The molecular weight excluding hydrogens is 342 g/mol. The predicted molar refractivity (Wildman–Crippen MR) is 107 cm³/mol. The predicted octanol–water partition coefficient (Wildman–Crippen LogP) is 4.06. The molecule has 2 rings (SSSR count). The van der Waals surface area contributed by atoms with Gasteiger partial charge < -0.3 is 19.1 Å². The second kappa shape index (κ2) is 9.31. The Bertz CT molecular complexity index is 801. The molecule has 2 aromatic carbocycles. The summed E-state index contributed by atoms with van der Waals surface area (Å²) in [6.45, 7) is 6.98. The molecule has 0 heterocycles. The molecule has 0 aliphatic heterocycles. The van der Waals surface area contributed by atoms with Gasteiger partial charge in [0, 0.05) is 13.6 Å². The molecule has 27 heavy (non-hydrogen) atoms. The highest BCUT2D eigenvalue weighted by Crippen LogP contribution is 2.30. The zero-order chi connectivity index (χ0) is 20.0. The lowest BCUT2D eigenvalue weighted by atomic mass is 10.1. The quantitative estimate of drug-likeness (QED) is 0.702. The molecule has 2 aromatic rings. The zero-order valence-electron chi connectivity index (χ0n) is 17.1. The molecule has 0 aliphatic carbocycles. The molecule has 0 aliphatic rings. The Kier molecular flexibility index (Phi) is 7.11. The maximum atomic E-state index is 12.4. The van der Waals surface area contributed by atoms with Crippen LogP contribution < -0.4 is 14.2 Å². The number of nitrogens with zero attached hydrogens (tertiary/aromatic N) is 1. The first-order valence-corrected chi connectivity index (χ1v) is 9.01. The van der Waals surface area contributed by atoms with E-state index in [2.05, 4.69) is 6.92 Å². The molecule has 1 amide bonds. The van der Waals surface area contributed by atoms with Gasteiger partial charge in [0.05, 0.1) is 27.2 Å². The van der Waals surface area contributed by atoms with Gasteiger partial charge in [0.1, 0.15) is 5.75 Å². The van der Waals surface area contributed by atoms with Crippen LogP contribution in [-0.2, 0) is 11.3 Å². The normalized spacial score (nSPS) is 10.4. The molecule has 0 bridgehead atoms. The highest BCUT2D eigenvalue weighted by molar-refractivity contribution is 5.76. The minimum atomic E-state index is 0.0352. The Balaban J connectivity index is 1.92. The van der Waals surface area contributed by atoms with E-state index >= 15 is 0 Å². The van der Waals surface area contributed by atoms with Gasteiger partial charge in [-0.2, -0.15) is 0 Å². The minimum absolute atomic E-state index is 0.0352. The van der Waals surface area contributed by atoms with Crippen LogP contribution in [0.4, 0.5) is 0 Å². The Labute approximate surface area is 161 Å². The van der Waals surface area contributed by atoms with Gasteiger partial charge in [-0.3, -0.25) is 4.79 Å². The van der Waals surface area contributed by atoms with Gasteiger partial charge in [0.2, 0.25) is 5.91 Å². The van der Waals surface area contributed by atoms with Crippen molar-refractivity contribution < 1.29 is 19.0 Å². The van der Waals surface area contributed by atoms with Crippen molar-refractivity contribution in [2.45, 2.75) is 33.7 Å². The van der Waals surface area contributed by atoms with E-state index in [9.17, 15) is 4.79 Å². The first-order valence-electron chi connectivity index (χ1n) is 9.01. The van der Waals surface area contributed by atoms with Crippen molar-refractivity contribution in [1.29, 1.82) is 0 Å². The molecule has 0 atom stereocenters. The van der Waals surface area contributed by atoms with E-state index in [4.69, 9.17) is 14.2 Å². The smallest absolute Gasteiger partial charge is 0.226 e. The van der Waals surface area contributed by atoms with E-state index in [1.54, 1.807) is 26.2 Å². The highest BCUT2D eigenvalue weighted by Gasteiger charge is 2.14. The van der Waals surface area contributed by atoms with Crippen molar-refractivity contribution in [3.05, 3.63) is 52.6 Å². The summed E-state index contributed by atoms with van der Waals surface area (Å²) in [4.78, 5) is 14.1. The van der Waals surface area contributed by atoms with E-state index in [1.807, 2.05) is 44.2 Å². The van der Waals surface area contributed by atoms with Gasteiger partial charge in [-0.05, 0) is 67.3 Å². The molecule has 0 unspecified atom stereocenters. The Morgan fingerprint density at radius 1 is 0.926 bits per heavy atom. The summed E-state index contributed by atoms with van der Waals surface area (Å²) in [6.07, 6.45) is 0.329. The van der Waals surface area contributed by atoms with Crippen molar-refractivity contribution in [1.82, 2.24) is 4.90 Å². The van der Waals surface area contributed by atoms with E-state index in [-0.39, 0.29) is 5.91 Å². The van der Waals surface area contributed by atoms with Crippen LogP contribution in [0.15, 0.2) is 30.3 Å². The van der Waals surface area contributed by atoms with Crippen molar-refractivity contribution in [2.24, 2.45) is 0 Å². The van der Waals surface area contributed by atoms with Gasteiger partial charge in [0.25, 0.3) is 0 Å². The molecule has 0 spiro atoms. The first kappa shape index (κ1) is 20.6. The molecule has 5 heteroatoms. The van der Waals surface area contributed by atoms with Gasteiger partial charge in [-0.15, -0.1) is 0 Å². The number of hydrogen-bond acceptors (Lipinski definition) is 4. The fourth-order valence-electron chi connectivity index (χ4n) is 2.79. The maximum Gasteiger partial charge on any atom is 0.226 e. The van der Waals surface area contributed by atoms with E-state index in [0.717, 1.165) is 16.9 Å². The van der Waals surface area contributed by atoms with Crippen LogP contribution in [-0.4, -0.2) is 38.7 Å². The number of methoxy groups -OCH3 is 2. The Morgan fingerprint density at radius 2 is 1.59 bits per heavy atom. The second-order valence-electron chi connectivity index (χ2n) is 6.73. The van der Waals surface area contributed by atoms with Gasteiger partial charge >= 0.3 is 0 Å². The third-order valence-electron chi connectivity index (χ3n) is 4.74. The molecule has 0 N–H and O–H groups in total. The van der Waals surface area contributed by atoms with Crippen molar-refractivity contribution in [3.8, 4) is 17.2 Å². The van der Waals surface area contributed by atoms with Crippen molar-refractivity contribution >= 4 is 5.91 Å². The summed E-state index contributed by atoms with van der Waals surface area (Å²) in [5, 5.41) is 0. The number of ether oxygens (including phenoxy) is 3. The molecule has 146 valence electrons. The van der Waals surface area contributed by atoms with Crippen LogP contribution in [0.5, 0.6) is 17.2 Å². The molecule has 0 fully saturated rings. The topological polar surface area (TPSA) is 48.0 Å². The summed E-state index contributed by atoms with van der Waals surface area (Å²) in [5.74, 6) is 2.18. The van der Waals surface area contributed by atoms with Crippen LogP contribution in [0.2, 0.25) is 0 Å². The van der Waals surface area contributed by atoms with Crippen LogP contribution in [0, 0.1) is 20.8 Å². The highest BCUT2D eigenvalue weighted by atomic mass is 16.5. The fourth-order valence-corrected chi connectivity index (χ4v) is 2.79. The third-order valence-corrected chi connectivity index (χ3v) is 4.74.